The third-order valence-electron chi connectivity index (χ3n) is 3.05. The Labute approximate surface area is 119 Å². The molecule has 112 valence electrons. The number of halogens is 3. The second-order valence-electron chi connectivity index (χ2n) is 4.54. The number of aromatic amines is 1. The molecule has 2 N–H and O–H groups in total. The fourth-order valence-electron chi connectivity index (χ4n) is 2.00. The number of hydrogen-bond donors (Lipinski definition) is 2. The van der Waals surface area contributed by atoms with Crippen LogP contribution in [-0.2, 0) is 12.6 Å². The van der Waals surface area contributed by atoms with Crippen molar-refractivity contribution in [1.29, 1.82) is 0 Å². The fourth-order valence-corrected chi connectivity index (χ4v) is 2.00. The fraction of sp³-hybridized carbons (Fsp3) is 0.286. The molecule has 2 rings (SSSR count). The maximum Gasteiger partial charge on any atom is 0.416 e. The van der Waals surface area contributed by atoms with Gasteiger partial charge in [0.2, 0.25) is 0 Å². The summed E-state index contributed by atoms with van der Waals surface area (Å²) in [6.07, 6.45) is -2.90. The van der Waals surface area contributed by atoms with Crippen molar-refractivity contribution in [3.8, 4) is 0 Å². The number of benzene rings is 1. The minimum absolute atomic E-state index is 0.102. The van der Waals surface area contributed by atoms with Crippen LogP contribution in [0.2, 0.25) is 0 Å². The summed E-state index contributed by atoms with van der Waals surface area (Å²) in [5.41, 5.74) is 0.349. The van der Waals surface area contributed by atoms with Gasteiger partial charge in [-0.15, -0.1) is 0 Å². The SMILES string of the molecule is Cc1[nH]cnc1C(=O)NCCc1ccccc1C(F)(F)F. The Morgan fingerprint density at radius 1 is 1.33 bits per heavy atom. The molecule has 1 aromatic carbocycles. The number of nitrogens with one attached hydrogen (secondary N) is 2. The van der Waals surface area contributed by atoms with E-state index in [1.54, 1.807) is 13.0 Å². The molecule has 0 aliphatic rings. The lowest BCUT2D eigenvalue weighted by Crippen LogP contribution is -2.27. The Kier molecular flexibility index (Phi) is 4.30. The first-order chi connectivity index (χ1) is 9.89. The number of nitrogens with zero attached hydrogens (tertiary/aromatic N) is 1. The van der Waals surface area contributed by atoms with Crippen molar-refractivity contribution >= 4 is 5.91 Å². The zero-order valence-corrected chi connectivity index (χ0v) is 11.3. The highest BCUT2D eigenvalue weighted by atomic mass is 19.4. The van der Waals surface area contributed by atoms with Crippen LogP contribution in [-0.4, -0.2) is 22.4 Å². The molecule has 0 unspecified atom stereocenters. The lowest BCUT2D eigenvalue weighted by atomic mass is 10.0. The van der Waals surface area contributed by atoms with Crippen LogP contribution < -0.4 is 5.32 Å². The predicted molar refractivity (Wildman–Crippen MR) is 70.8 cm³/mol. The molecule has 0 saturated heterocycles. The summed E-state index contributed by atoms with van der Waals surface area (Å²) in [7, 11) is 0. The third kappa shape index (κ3) is 3.62. The van der Waals surface area contributed by atoms with Crippen molar-refractivity contribution in [2.45, 2.75) is 19.5 Å². The van der Waals surface area contributed by atoms with Gasteiger partial charge in [-0.3, -0.25) is 4.79 Å². The van der Waals surface area contributed by atoms with E-state index in [4.69, 9.17) is 0 Å². The predicted octanol–water partition coefficient (Wildman–Crippen LogP) is 2.71. The molecule has 1 heterocycles. The minimum atomic E-state index is -4.39. The molecule has 0 bridgehead atoms. The number of carbonyl (C=O) groups excluding carboxylic acids is 1. The van der Waals surface area contributed by atoms with Gasteiger partial charge < -0.3 is 10.3 Å². The summed E-state index contributed by atoms with van der Waals surface area (Å²) < 4.78 is 38.4. The largest absolute Gasteiger partial charge is 0.416 e. The van der Waals surface area contributed by atoms with Gasteiger partial charge in [0.25, 0.3) is 5.91 Å². The summed E-state index contributed by atoms with van der Waals surface area (Å²) in [6, 6.07) is 5.34. The number of aromatic nitrogens is 2. The Morgan fingerprint density at radius 2 is 2.05 bits per heavy atom. The van der Waals surface area contributed by atoms with Gasteiger partial charge in [0.05, 0.1) is 11.9 Å². The number of alkyl halides is 3. The van der Waals surface area contributed by atoms with Gasteiger partial charge in [0.1, 0.15) is 5.69 Å². The molecule has 21 heavy (non-hydrogen) atoms. The number of aryl methyl sites for hydroxylation is 1. The van der Waals surface area contributed by atoms with Crippen LogP contribution in [0.4, 0.5) is 13.2 Å². The second-order valence-corrected chi connectivity index (χ2v) is 4.54. The van der Waals surface area contributed by atoms with E-state index in [0.29, 0.717) is 5.69 Å². The quantitative estimate of drug-likeness (QED) is 0.911. The highest BCUT2D eigenvalue weighted by molar-refractivity contribution is 5.93. The average Bonchev–Trinajstić information content (AvgIpc) is 2.84. The molecule has 0 fully saturated rings. The van der Waals surface area contributed by atoms with Gasteiger partial charge >= 0.3 is 6.18 Å². The van der Waals surface area contributed by atoms with E-state index in [1.807, 2.05) is 0 Å². The highest BCUT2D eigenvalue weighted by Crippen LogP contribution is 2.31. The second kappa shape index (κ2) is 5.99. The molecule has 0 aliphatic carbocycles. The molecular weight excluding hydrogens is 283 g/mol. The van der Waals surface area contributed by atoms with E-state index in [2.05, 4.69) is 15.3 Å². The smallest absolute Gasteiger partial charge is 0.350 e. The molecule has 1 aromatic heterocycles. The van der Waals surface area contributed by atoms with Gasteiger partial charge in [-0.1, -0.05) is 18.2 Å². The lowest BCUT2D eigenvalue weighted by Gasteiger charge is -2.12. The molecule has 2 aromatic rings. The number of imidazole rings is 1. The third-order valence-corrected chi connectivity index (χ3v) is 3.05. The first kappa shape index (κ1) is 15.1. The van der Waals surface area contributed by atoms with Crippen molar-refractivity contribution in [3.05, 3.63) is 53.1 Å². The zero-order valence-electron chi connectivity index (χ0n) is 11.3. The number of H-pyrrole nitrogens is 1. The van der Waals surface area contributed by atoms with E-state index in [0.717, 1.165) is 6.07 Å². The highest BCUT2D eigenvalue weighted by Gasteiger charge is 2.32. The van der Waals surface area contributed by atoms with Crippen molar-refractivity contribution < 1.29 is 18.0 Å². The zero-order chi connectivity index (χ0) is 15.5. The molecule has 4 nitrogen and oxygen atoms in total. The molecule has 0 aliphatic heterocycles. The Bertz CT molecular complexity index is 634. The molecule has 7 heteroatoms. The number of amides is 1. The summed E-state index contributed by atoms with van der Waals surface area (Å²) in [6.45, 7) is 1.80. The van der Waals surface area contributed by atoms with E-state index in [-0.39, 0.29) is 24.2 Å². The van der Waals surface area contributed by atoms with Crippen molar-refractivity contribution in [2.75, 3.05) is 6.54 Å². The normalized spacial score (nSPS) is 11.4. The van der Waals surface area contributed by atoms with Crippen molar-refractivity contribution in [2.24, 2.45) is 0 Å². The van der Waals surface area contributed by atoms with E-state index < -0.39 is 17.6 Å². The van der Waals surface area contributed by atoms with Gasteiger partial charge in [-0.05, 0) is 25.0 Å². The van der Waals surface area contributed by atoms with E-state index in [9.17, 15) is 18.0 Å². The van der Waals surface area contributed by atoms with Crippen LogP contribution in [0.5, 0.6) is 0 Å². The van der Waals surface area contributed by atoms with Crippen LogP contribution in [0.25, 0.3) is 0 Å². The number of carbonyl (C=O) groups is 1. The Morgan fingerprint density at radius 3 is 2.67 bits per heavy atom. The summed E-state index contributed by atoms with van der Waals surface area (Å²) in [5, 5.41) is 2.56. The standard InChI is InChI=1S/C14H14F3N3O/c1-9-12(20-8-19-9)13(21)18-7-6-10-4-2-3-5-11(10)14(15,16)17/h2-5,8H,6-7H2,1H3,(H,18,21)(H,19,20). The van der Waals surface area contributed by atoms with Gasteiger partial charge in [-0.2, -0.15) is 13.2 Å². The Hall–Kier alpha value is -2.31. The maximum atomic E-state index is 12.8. The Balaban J connectivity index is 1.99. The van der Waals surface area contributed by atoms with Crippen LogP contribution >= 0.6 is 0 Å². The van der Waals surface area contributed by atoms with E-state index in [1.165, 1.54) is 18.5 Å². The lowest BCUT2D eigenvalue weighted by molar-refractivity contribution is -0.138. The van der Waals surface area contributed by atoms with Gasteiger partial charge in [0.15, 0.2) is 0 Å². The summed E-state index contributed by atoms with van der Waals surface area (Å²) in [5.74, 6) is -0.404. The van der Waals surface area contributed by atoms with Crippen molar-refractivity contribution in [3.63, 3.8) is 0 Å². The molecule has 1 amide bonds. The van der Waals surface area contributed by atoms with Gasteiger partial charge in [0, 0.05) is 12.2 Å². The van der Waals surface area contributed by atoms with Gasteiger partial charge in [-0.25, -0.2) is 4.98 Å². The van der Waals surface area contributed by atoms with Crippen LogP contribution in [0.1, 0.15) is 27.3 Å². The van der Waals surface area contributed by atoms with Crippen LogP contribution in [0.3, 0.4) is 0 Å². The first-order valence-electron chi connectivity index (χ1n) is 6.33. The molecule has 0 spiro atoms. The summed E-state index contributed by atoms with van der Waals surface area (Å²) >= 11 is 0. The maximum absolute atomic E-state index is 12.8. The molecule has 0 radical (unpaired) electrons. The molecule has 0 atom stereocenters. The minimum Gasteiger partial charge on any atom is -0.350 e. The van der Waals surface area contributed by atoms with Crippen molar-refractivity contribution in [1.82, 2.24) is 15.3 Å². The topological polar surface area (TPSA) is 57.8 Å². The first-order valence-corrected chi connectivity index (χ1v) is 6.33. The molecule has 0 saturated carbocycles. The monoisotopic (exact) mass is 297 g/mol. The van der Waals surface area contributed by atoms with Crippen LogP contribution in [0, 0.1) is 6.92 Å². The number of hydrogen-bond acceptors (Lipinski definition) is 2. The molecular formula is C14H14F3N3O. The average molecular weight is 297 g/mol. The van der Waals surface area contributed by atoms with Crippen LogP contribution in [0.15, 0.2) is 30.6 Å². The number of rotatable bonds is 4. The van der Waals surface area contributed by atoms with E-state index >= 15 is 0 Å². The summed E-state index contributed by atoms with van der Waals surface area (Å²) in [4.78, 5) is 18.4.